The number of carbonyl (C=O) groups is 1. The Kier molecular flexibility index (Phi) is 4.90. The second kappa shape index (κ2) is 6.52. The van der Waals surface area contributed by atoms with E-state index in [0.717, 1.165) is 17.0 Å². The number of ether oxygens (including phenoxy) is 2. The van der Waals surface area contributed by atoms with Gasteiger partial charge in [-0.05, 0) is 39.0 Å². The van der Waals surface area contributed by atoms with Gasteiger partial charge in [0, 0.05) is 10.9 Å². The second-order valence-corrected chi connectivity index (χ2v) is 6.34. The number of aromatic nitrogens is 2. The van der Waals surface area contributed by atoms with E-state index in [1.54, 1.807) is 7.11 Å². The summed E-state index contributed by atoms with van der Waals surface area (Å²) in [5, 5.41) is 4.87. The van der Waals surface area contributed by atoms with E-state index in [9.17, 15) is 4.79 Å². The number of carbonyl (C=O) groups excluding carboxylic acids is 1. The van der Waals surface area contributed by atoms with Crippen molar-refractivity contribution in [3.05, 3.63) is 36.0 Å². The van der Waals surface area contributed by atoms with Gasteiger partial charge in [0.1, 0.15) is 11.4 Å². The Hall–Kier alpha value is -1.82. The van der Waals surface area contributed by atoms with Gasteiger partial charge in [0.2, 0.25) is 0 Å². The topological polar surface area (TPSA) is 53.4 Å². The summed E-state index contributed by atoms with van der Waals surface area (Å²) in [6, 6.07) is 9.39. The summed E-state index contributed by atoms with van der Waals surface area (Å²) in [6.45, 7) is 5.47. The maximum Gasteiger partial charge on any atom is 0.435 e. The van der Waals surface area contributed by atoms with Gasteiger partial charge in [-0.25, -0.2) is 4.79 Å². The first kappa shape index (κ1) is 16.5. The third kappa shape index (κ3) is 3.88. The van der Waals surface area contributed by atoms with E-state index < -0.39 is 11.7 Å². The summed E-state index contributed by atoms with van der Waals surface area (Å²) in [7, 11) is 1.61. The van der Waals surface area contributed by atoms with E-state index in [0.29, 0.717) is 11.0 Å². The van der Waals surface area contributed by atoms with Crippen LogP contribution in [0, 0.1) is 0 Å². The van der Waals surface area contributed by atoms with Crippen molar-refractivity contribution in [2.45, 2.75) is 31.7 Å². The number of rotatable bonds is 3. The van der Waals surface area contributed by atoms with Crippen LogP contribution in [-0.4, -0.2) is 28.6 Å². The Labute approximate surface area is 138 Å². The zero-order chi connectivity index (χ0) is 16.3. The van der Waals surface area contributed by atoms with Crippen molar-refractivity contribution in [2.75, 3.05) is 7.11 Å². The lowest BCUT2D eigenvalue weighted by molar-refractivity contribution is 0.0511. The molecule has 1 heterocycles. The molecule has 0 aliphatic heterocycles. The fourth-order valence-corrected chi connectivity index (χ4v) is 2.30. The number of methoxy groups -OCH3 is 1. The lowest BCUT2D eigenvalue weighted by Gasteiger charge is -2.19. The molecular weight excluding hydrogens is 348 g/mol. The van der Waals surface area contributed by atoms with Gasteiger partial charge in [0.15, 0.2) is 0 Å². The van der Waals surface area contributed by atoms with Crippen molar-refractivity contribution < 1.29 is 14.3 Å². The average molecular weight is 367 g/mol. The van der Waals surface area contributed by atoms with Gasteiger partial charge in [0.25, 0.3) is 0 Å². The van der Waals surface area contributed by atoms with Gasteiger partial charge in [-0.3, -0.25) is 0 Å². The van der Waals surface area contributed by atoms with Crippen LogP contribution in [0.2, 0.25) is 0 Å². The Balaban J connectivity index is 2.38. The van der Waals surface area contributed by atoms with E-state index in [2.05, 4.69) is 21.0 Å². The van der Waals surface area contributed by atoms with Crippen LogP contribution in [0.3, 0.4) is 0 Å². The fraction of sp³-hybridized carbons (Fsp3) is 0.375. The van der Waals surface area contributed by atoms with Crippen molar-refractivity contribution in [1.82, 2.24) is 9.78 Å². The van der Waals surface area contributed by atoms with Crippen LogP contribution >= 0.6 is 15.9 Å². The Morgan fingerprint density at radius 2 is 2.05 bits per heavy atom. The minimum absolute atomic E-state index is 0.490. The molecule has 0 saturated carbocycles. The number of halogens is 1. The molecule has 0 aliphatic carbocycles. The summed E-state index contributed by atoms with van der Waals surface area (Å²) in [6.07, 6.45) is -0.490. The molecule has 0 aliphatic rings. The molecule has 0 spiro atoms. The van der Waals surface area contributed by atoms with Crippen LogP contribution in [0.4, 0.5) is 4.79 Å². The minimum atomic E-state index is -0.567. The van der Waals surface area contributed by atoms with Crippen LogP contribution in [-0.2, 0) is 10.1 Å². The number of nitrogens with zero attached hydrogens (tertiary/aromatic N) is 2. The molecule has 22 heavy (non-hydrogen) atoms. The number of alkyl halides is 1. The first-order chi connectivity index (χ1) is 10.3. The molecule has 0 bridgehead atoms. The first-order valence-corrected chi connectivity index (χ1v) is 7.99. The number of hydrogen-bond donors (Lipinski definition) is 0. The standard InChI is InChI=1S/C16H19BrN2O3/c1-16(2,3)22-15(20)19-12(10-17)9-14(18-19)11-6-5-7-13(8-11)21-4/h5-9H,10H2,1-4H3. The Morgan fingerprint density at radius 3 is 2.64 bits per heavy atom. The highest BCUT2D eigenvalue weighted by Gasteiger charge is 2.21. The van der Waals surface area contributed by atoms with E-state index in [1.165, 1.54) is 4.68 Å². The van der Waals surface area contributed by atoms with Gasteiger partial charge in [-0.2, -0.15) is 9.78 Å². The van der Waals surface area contributed by atoms with E-state index >= 15 is 0 Å². The van der Waals surface area contributed by atoms with Crippen LogP contribution in [0.5, 0.6) is 5.75 Å². The van der Waals surface area contributed by atoms with Gasteiger partial charge >= 0.3 is 6.09 Å². The lowest BCUT2D eigenvalue weighted by atomic mass is 10.1. The molecule has 118 valence electrons. The zero-order valence-electron chi connectivity index (χ0n) is 13.1. The van der Waals surface area contributed by atoms with E-state index in [-0.39, 0.29) is 0 Å². The van der Waals surface area contributed by atoms with Crippen LogP contribution in [0.15, 0.2) is 30.3 Å². The molecule has 1 aromatic carbocycles. The smallest absolute Gasteiger partial charge is 0.435 e. The predicted molar refractivity (Wildman–Crippen MR) is 88.5 cm³/mol. The Bertz CT molecular complexity index is 674. The van der Waals surface area contributed by atoms with Crippen molar-refractivity contribution in [3.8, 4) is 17.0 Å². The highest BCUT2D eigenvalue weighted by atomic mass is 79.9. The average Bonchev–Trinajstić information content (AvgIpc) is 2.90. The van der Waals surface area contributed by atoms with Gasteiger partial charge in [-0.1, -0.05) is 28.1 Å². The van der Waals surface area contributed by atoms with Crippen LogP contribution < -0.4 is 4.74 Å². The molecule has 0 fully saturated rings. The van der Waals surface area contributed by atoms with Crippen LogP contribution in [0.1, 0.15) is 26.5 Å². The number of hydrogen-bond acceptors (Lipinski definition) is 4. The Morgan fingerprint density at radius 1 is 1.32 bits per heavy atom. The largest absolute Gasteiger partial charge is 0.497 e. The van der Waals surface area contributed by atoms with Gasteiger partial charge in [0.05, 0.1) is 18.5 Å². The van der Waals surface area contributed by atoms with E-state index in [4.69, 9.17) is 9.47 Å². The highest BCUT2D eigenvalue weighted by Crippen LogP contribution is 2.25. The summed E-state index contributed by atoms with van der Waals surface area (Å²) in [5.41, 5.74) is 1.73. The highest BCUT2D eigenvalue weighted by molar-refractivity contribution is 9.08. The number of benzene rings is 1. The van der Waals surface area contributed by atoms with Crippen molar-refractivity contribution >= 4 is 22.0 Å². The summed E-state index contributed by atoms with van der Waals surface area (Å²) < 4.78 is 11.9. The van der Waals surface area contributed by atoms with Crippen molar-refractivity contribution in [2.24, 2.45) is 0 Å². The maximum atomic E-state index is 12.2. The van der Waals surface area contributed by atoms with Crippen molar-refractivity contribution in [3.63, 3.8) is 0 Å². The molecule has 2 rings (SSSR count). The molecule has 0 N–H and O–H groups in total. The van der Waals surface area contributed by atoms with E-state index in [1.807, 2.05) is 51.1 Å². The maximum absolute atomic E-state index is 12.2. The summed E-state index contributed by atoms with van der Waals surface area (Å²) in [4.78, 5) is 12.2. The molecule has 1 aromatic heterocycles. The molecule has 0 saturated heterocycles. The summed E-state index contributed by atoms with van der Waals surface area (Å²) in [5.74, 6) is 0.740. The quantitative estimate of drug-likeness (QED) is 0.762. The normalized spacial score (nSPS) is 11.3. The summed E-state index contributed by atoms with van der Waals surface area (Å²) >= 11 is 3.38. The first-order valence-electron chi connectivity index (χ1n) is 6.87. The monoisotopic (exact) mass is 366 g/mol. The molecule has 6 heteroatoms. The SMILES string of the molecule is COc1cccc(-c2cc(CBr)n(C(=O)OC(C)(C)C)n2)c1. The third-order valence-corrected chi connectivity index (χ3v) is 3.43. The third-order valence-electron chi connectivity index (χ3n) is 2.85. The second-order valence-electron chi connectivity index (χ2n) is 5.78. The molecule has 0 amide bonds. The predicted octanol–water partition coefficient (Wildman–Crippen LogP) is 4.24. The molecule has 2 aromatic rings. The zero-order valence-corrected chi connectivity index (χ0v) is 14.7. The van der Waals surface area contributed by atoms with Gasteiger partial charge < -0.3 is 9.47 Å². The molecule has 0 atom stereocenters. The molecule has 5 nitrogen and oxygen atoms in total. The van der Waals surface area contributed by atoms with Crippen LogP contribution in [0.25, 0.3) is 11.3 Å². The molecular formula is C16H19BrN2O3. The molecule has 0 radical (unpaired) electrons. The minimum Gasteiger partial charge on any atom is -0.497 e. The molecule has 0 unspecified atom stereocenters. The van der Waals surface area contributed by atoms with Crippen molar-refractivity contribution in [1.29, 1.82) is 0 Å². The lowest BCUT2D eigenvalue weighted by Crippen LogP contribution is -2.28. The van der Waals surface area contributed by atoms with Gasteiger partial charge in [-0.15, -0.1) is 0 Å². The fourth-order valence-electron chi connectivity index (χ4n) is 1.90.